The van der Waals surface area contributed by atoms with Crippen molar-refractivity contribution in [2.75, 3.05) is 6.61 Å². The van der Waals surface area contributed by atoms with E-state index in [0.717, 1.165) is 4.57 Å². The normalized spacial score (nSPS) is 24.9. The molecular weight excluding hydrogens is 302 g/mol. The minimum atomic E-state index is -0.784. The summed E-state index contributed by atoms with van der Waals surface area (Å²) in [7, 11) is 1.46. The molecule has 23 heavy (non-hydrogen) atoms. The van der Waals surface area contributed by atoms with Crippen LogP contribution in [-0.2, 0) is 11.8 Å². The van der Waals surface area contributed by atoms with Crippen molar-refractivity contribution in [2.24, 2.45) is 7.05 Å². The van der Waals surface area contributed by atoms with Crippen molar-refractivity contribution in [1.82, 2.24) is 13.7 Å². The third kappa shape index (κ3) is 2.34. The van der Waals surface area contributed by atoms with E-state index < -0.39 is 24.1 Å². The lowest BCUT2D eigenvalue weighted by molar-refractivity contribution is -0.0432. The van der Waals surface area contributed by atoms with Gasteiger partial charge in [0.2, 0.25) is 0 Å². The van der Waals surface area contributed by atoms with E-state index in [-0.39, 0.29) is 24.6 Å². The Morgan fingerprint density at radius 2 is 2.09 bits per heavy atom. The topological polar surface area (TPSA) is 98.6 Å². The van der Waals surface area contributed by atoms with Gasteiger partial charge in [-0.1, -0.05) is 0 Å². The number of hydrogen-bond donors (Lipinski definition) is 2. The monoisotopic (exact) mass is 323 g/mol. The van der Waals surface area contributed by atoms with Gasteiger partial charge in [-0.05, 0) is 19.9 Å². The van der Waals surface area contributed by atoms with Crippen LogP contribution in [0.3, 0.4) is 0 Å². The SMILES string of the molecule is CC(C)n1c(=O)n(C)c(=O)c2ccn([C@@H]3C[C@H](O)[C@@H](CO)O3)c21. The molecule has 0 spiro atoms. The molecule has 1 aliphatic heterocycles. The van der Waals surface area contributed by atoms with Crippen LogP contribution in [0.5, 0.6) is 0 Å². The van der Waals surface area contributed by atoms with Crippen LogP contribution in [0.15, 0.2) is 21.9 Å². The van der Waals surface area contributed by atoms with Crippen LogP contribution >= 0.6 is 0 Å². The molecule has 0 unspecified atom stereocenters. The fourth-order valence-electron chi connectivity index (χ4n) is 3.13. The van der Waals surface area contributed by atoms with E-state index in [4.69, 9.17) is 4.74 Å². The molecule has 3 rings (SSSR count). The maximum absolute atomic E-state index is 12.5. The lowest BCUT2D eigenvalue weighted by atomic mass is 10.2. The molecule has 126 valence electrons. The van der Waals surface area contributed by atoms with Gasteiger partial charge in [0.1, 0.15) is 18.0 Å². The van der Waals surface area contributed by atoms with Gasteiger partial charge in [0.05, 0.1) is 18.1 Å². The fourth-order valence-corrected chi connectivity index (χ4v) is 3.13. The molecular formula is C15H21N3O5. The van der Waals surface area contributed by atoms with Crippen molar-refractivity contribution in [3.63, 3.8) is 0 Å². The van der Waals surface area contributed by atoms with E-state index >= 15 is 0 Å². The van der Waals surface area contributed by atoms with Gasteiger partial charge in [-0.2, -0.15) is 0 Å². The van der Waals surface area contributed by atoms with Crippen LogP contribution in [0, 0.1) is 0 Å². The highest BCUT2D eigenvalue weighted by atomic mass is 16.5. The summed E-state index contributed by atoms with van der Waals surface area (Å²) < 4.78 is 9.98. The maximum atomic E-state index is 12.5. The van der Waals surface area contributed by atoms with Crippen LogP contribution < -0.4 is 11.2 Å². The van der Waals surface area contributed by atoms with Gasteiger partial charge in [-0.15, -0.1) is 0 Å². The second kappa shape index (κ2) is 5.63. The van der Waals surface area contributed by atoms with Gasteiger partial charge in [0.15, 0.2) is 0 Å². The first kappa shape index (κ1) is 16.0. The van der Waals surface area contributed by atoms with Gasteiger partial charge >= 0.3 is 5.69 Å². The van der Waals surface area contributed by atoms with Gasteiger partial charge in [-0.25, -0.2) is 4.79 Å². The number of hydrogen-bond acceptors (Lipinski definition) is 5. The Morgan fingerprint density at radius 3 is 2.65 bits per heavy atom. The Bertz CT molecular complexity index is 847. The van der Waals surface area contributed by atoms with E-state index in [0.29, 0.717) is 11.0 Å². The smallest absolute Gasteiger partial charge is 0.332 e. The Morgan fingerprint density at radius 1 is 1.39 bits per heavy atom. The molecule has 0 radical (unpaired) electrons. The second-order valence-corrected chi connectivity index (χ2v) is 6.19. The van der Waals surface area contributed by atoms with Crippen molar-refractivity contribution in [2.45, 2.75) is 44.7 Å². The van der Waals surface area contributed by atoms with E-state index in [1.54, 1.807) is 21.4 Å². The zero-order valence-corrected chi connectivity index (χ0v) is 13.3. The number of nitrogens with zero attached hydrogens (tertiary/aromatic N) is 3. The lowest BCUT2D eigenvalue weighted by Gasteiger charge is -2.19. The predicted octanol–water partition coefficient (Wildman–Crippen LogP) is -0.277. The van der Waals surface area contributed by atoms with Crippen LogP contribution in [0.25, 0.3) is 11.0 Å². The Hall–Kier alpha value is -1.90. The van der Waals surface area contributed by atoms with E-state index in [1.807, 2.05) is 13.8 Å². The molecule has 3 heterocycles. The van der Waals surface area contributed by atoms with Crippen LogP contribution in [0.1, 0.15) is 32.5 Å². The third-order valence-corrected chi connectivity index (χ3v) is 4.35. The maximum Gasteiger partial charge on any atom is 0.332 e. The number of ether oxygens (including phenoxy) is 1. The highest BCUT2D eigenvalue weighted by molar-refractivity contribution is 5.75. The third-order valence-electron chi connectivity index (χ3n) is 4.35. The summed E-state index contributed by atoms with van der Waals surface area (Å²) in [5.41, 5.74) is -0.281. The quantitative estimate of drug-likeness (QED) is 0.810. The largest absolute Gasteiger partial charge is 0.394 e. The zero-order chi connectivity index (χ0) is 16.9. The average molecular weight is 323 g/mol. The summed E-state index contributed by atoms with van der Waals surface area (Å²) in [5.74, 6) is 0. The number of rotatable bonds is 3. The summed E-state index contributed by atoms with van der Waals surface area (Å²) >= 11 is 0. The van der Waals surface area contributed by atoms with Crippen LogP contribution in [0.4, 0.5) is 0 Å². The molecule has 1 aliphatic rings. The van der Waals surface area contributed by atoms with Gasteiger partial charge in [0.25, 0.3) is 5.56 Å². The van der Waals surface area contributed by atoms with Gasteiger partial charge < -0.3 is 19.5 Å². The van der Waals surface area contributed by atoms with Crippen LogP contribution in [-0.4, -0.2) is 42.7 Å². The average Bonchev–Trinajstić information content (AvgIpc) is 3.08. The first-order chi connectivity index (χ1) is 10.9. The summed E-state index contributed by atoms with van der Waals surface area (Å²) in [4.78, 5) is 24.8. The molecule has 1 fully saturated rings. The number of aliphatic hydroxyl groups excluding tert-OH is 2. The van der Waals surface area contributed by atoms with Gasteiger partial charge in [-0.3, -0.25) is 13.9 Å². The highest BCUT2D eigenvalue weighted by Crippen LogP contribution is 2.31. The first-order valence-corrected chi connectivity index (χ1v) is 7.63. The van der Waals surface area contributed by atoms with Crippen molar-refractivity contribution in [3.8, 4) is 0 Å². The van der Waals surface area contributed by atoms with Crippen molar-refractivity contribution < 1.29 is 14.9 Å². The summed E-state index contributed by atoms with van der Waals surface area (Å²) in [6, 6.07) is 1.50. The van der Waals surface area contributed by atoms with E-state index in [9.17, 15) is 19.8 Å². The first-order valence-electron chi connectivity index (χ1n) is 7.63. The second-order valence-electron chi connectivity index (χ2n) is 6.19. The summed E-state index contributed by atoms with van der Waals surface area (Å²) in [6.07, 6.45) is -0.00882. The number of fused-ring (bicyclic) bond motifs is 1. The minimum Gasteiger partial charge on any atom is -0.394 e. The molecule has 0 aromatic carbocycles. The van der Waals surface area contributed by atoms with E-state index in [1.165, 1.54) is 7.05 Å². The van der Waals surface area contributed by atoms with Crippen LogP contribution in [0.2, 0.25) is 0 Å². The van der Waals surface area contributed by atoms with Gasteiger partial charge in [0, 0.05) is 25.7 Å². The molecule has 2 aromatic heterocycles. The molecule has 8 heteroatoms. The fraction of sp³-hybridized carbons (Fsp3) is 0.600. The standard InChI is InChI=1S/C15H21N3O5/c1-8(2)18-13-9(14(21)16(3)15(18)22)4-5-17(13)12-6-10(20)11(7-19)23-12/h4-5,8,10-12,19-20H,6-7H2,1-3H3/t10-,11+,12-/m0/s1. The van der Waals surface area contributed by atoms with E-state index in [2.05, 4.69) is 0 Å². The molecule has 0 bridgehead atoms. The molecule has 0 saturated carbocycles. The molecule has 2 N–H and O–H groups in total. The minimum absolute atomic E-state index is 0.148. The number of aromatic nitrogens is 3. The molecule has 0 aliphatic carbocycles. The molecule has 0 amide bonds. The Balaban J connectivity index is 2.25. The molecule has 3 atom stereocenters. The lowest BCUT2D eigenvalue weighted by Crippen LogP contribution is -2.39. The Labute approximate surface area is 132 Å². The van der Waals surface area contributed by atoms with Crippen molar-refractivity contribution in [3.05, 3.63) is 33.1 Å². The van der Waals surface area contributed by atoms with Crippen molar-refractivity contribution in [1.29, 1.82) is 0 Å². The predicted molar refractivity (Wildman–Crippen MR) is 83.4 cm³/mol. The molecule has 8 nitrogen and oxygen atoms in total. The van der Waals surface area contributed by atoms with Crippen molar-refractivity contribution >= 4 is 11.0 Å². The molecule has 1 saturated heterocycles. The summed E-state index contributed by atoms with van der Waals surface area (Å²) in [6.45, 7) is 3.45. The Kier molecular flexibility index (Phi) is 3.91. The number of aliphatic hydroxyl groups is 2. The molecule has 2 aromatic rings. The summed E-state index contributed by atoms with van der Waals surface area (Å²) in [5, 5.41) is 19.6. The highest BCUT2D eigenvalue weighted by Gasteiger charge is 2.35. The zero-order valence-electron chi connectivity index (χ0n) is 13.3.